The molecule has 0 saturated heterocycles. The van der Waals surface area contributed by atoms with Crippen LogP contribution in [0.5, 0.6) is 5.75 Å². The number of fused-ring (bicyclic) bond motifs is 1. The maximum absolute atomic E-state index is 6.23. The number of rotatable bonds is 5. The molecule has 0 unspecified atom stereocenters. The number of nitrogen functional groups attached to an aromatic ring is 1. The van der Waals surface area contributed by atoms with Crippen molar-refractivity contribution in [1.82, 2.24) is 19.7 Å². The summed E-state index contributed by atoms with van der Waals surface area (Å²) in [5.41, 5.74) is 9.54. The first-order valence-electron chi connectivity index (χ1n) is 8.58. The van der Waals surface area contributed by atoms with Gasteiger partial charge in [-0.3, -0.25) is 4.68 Å². The van der Waals surface area contributed by atoms with Crippen LogP contribution in [0.25, 0.3) is 22.3 Å². The molecule has 0 saturated carbocycles. The minimum absolute atomic E-state index is 0.502. The van der Waals surface area contributed by atoms with Gasteiger partial charge in [0.2, 0.25) is 5.95 Å². The number of aryl methyl sites for hydroxylation is 1. The first-order chi connectivity index (χ1) is 13.2. The molecule has 0 aliphatic rings. The predicted octanol–water partition coefficient (Wildman–Crippen LogP) is 3.23. The van der Waals surface area contributed by atoms with E-state index in [0.29, 0.717) is 24.0 Å². The second-order valence-electron chi connectivity index (χ2n) is 6.17. The number of hydrogen-bond donors (Lipinski definition) is 2. The molecule has 3 N–H and O–H groups in total. The number of nitrogens with zero attached hydrogens (tertiary/aromatic N) is 4. The summed E-state index contributed by atoms with van der Waals surface area (Å²) in [7, 11) is 3.43. The Kier molecular flexibility index (Phi) is 4.33. The topological polar surface area (TPSA) is 90.9 Å². The lowest BCUT2D eigenvalue weighted by atomic mass is 10.1. The molecule has 4 aromatic rings. The Morgan fingerprint density at radius 1 is 1.07 bits per heavy atom. The molecule has 2 heterocycles. The lowest BCUT2D eigenvalue weighted by Gasteiger charge is -2.09. The molecule has 0 aliphatic heterocycles. The van der Waals surface area contributed by atoms with Gasteiger partial charge in [-0.05, 0) is 17.7 Å². The Labute approximate surface area is 156 Å². The Balaban J connectivity index is 1.80. The van der Waals surface area contributed by atoms with E-state index in [4.69, 9.17) is 15.5 Å². The molecule has 0 atom stereocenters. The molecule has 0 amide bonds. The molecule has 7 heteroatoms. The van der Waals surface area contributed by atoms with E-state index in [1.54, 1.807) is 18.8 Å². The van der Waals surface area contributed by atoms with Crippen molar-refractivity contribution in [2.75, 3.05) is 18.2 Å². The summed E-state index contributed by atoms with van der Waals surface area (Å²) in [5.74, 6) is 1.78. The largest absolute Gasteiger partial charge is 0.497 e. The van der Waals surface area contributed by atoms with Gasteiger partial charge < -0.3 is 15.8 Å². The van der Waals surface area contributed by atoms with Crippen LogP contribution in [0, 0.1) is 0 Å². The van der Waals surface area contributed by atoms with E-state index in [1.165, 1.54) is 0 Å². The highest BCUT2D eigenvalue weighted by Crippen LogP contribution is 2.32. The molecule has 2 aromatic carbocycles. The monoisotopic (exact) mass is 360 g/mol. The molecule has 0 radical (unpaired) electrons. The molecule has 136 valence electrons. The fourth-order valence-electron chi connectivity index (χ4n) is 2.95. The molecule has 7 nitrogen and oxygen atoms in total. The van der Waals surface area contributed by atoms with Crippen LogP contribution in [0.4, 0.5) is 11.8 Å². The van der Waals surface area contributed by atoms with Gasteiger partial charge in [0, 0.05) is 19.2 Å². The molecule has 27 heavy (non-hydrogen) atoms. The Bertz CT molecular complexity index is 1090. The second kappa shape index (κ2) is 6.95. The summed E-state index contributed by atoms with van der Waals surface area (Å²) in [6.45, 7) is 0.617. The first kappa shape index (κ1) is 16.8. The molecular weight excluding hydrogens is 340 g/mol. The van der Waals surface area contributed by atoms with E-state index in [1.807, 2.05) is 54.6 Å². The van der Waals surface area contributed by atoms with Crippen LogP contribution >= 0.6 is 0 Å². The zero-order valence-electron chi connectivity index (χ0n) is 15.2. The van der Waals surface area contributed by atoms with Crippen LogP contribution in [0.3, 0.4) is 0 Å². The van der Waals surface area contributed by atoms with E-state index in [0.717, 1.165) is 28.0 Å². The van der Waals surface area contributed by atoms with E-state index < -0.39 is 0 Å². The summed E-state index contributed by atoms with van der Waals surface area (Å²) in [6, 6.07) is 17.8. The summed E-state index contributed by atoms with van der Waals surface area (Å²) >= 11 is 0. The number of hydrogen-bond acceptors (Lipinski definition) is 6. The van der Waals surface area contributed by atoms with Crippen LogP contribution < -0.4 is 15.8 Å². The van der Waals surface area contributed by atoms with E-state index in [9.17, 15) is 0 Å². The van der Waals surface area contributed by atoms with Crippen LogP contribution in [0.1, 0.15) is 5.56 Å². The van der Waals surface area contributed by atoms with Gasteiger partial charge in [-0.1, -0.05) is 42.5 Å². The number of benzene rings is 2. The van der Waals surface area contributed by atoms with Crippen molar-refractivity contribution in [2.45, 2.75) is 6.54 Å². The third-order valence-electron chi connectivity index (χ3n) is 4.38. The van der Waals surface area contributed by atoms with Gasteiger partial charge in [-0.15, -0.1) is 0 Å². The van der Waals surface area contributed by atoms with Gasteiger partial charge in [0.05, 0.1) is 18.2 Å². The summed E-state index contributed by atoms with van der Waals surface area (Å²) in [4.78, 5) is 9.26. The van der Waals surface area contributed by atoms with Crippen molar-refractivity contribution in [2.24, 2.45) is 7.05 Å². The van der Waals surface area contributed by atoms with Gasteiger partial charge in [0.1, 0.15) is 11.6 Å². The second-order valence-corrected chi connectivity index (χ2v) is 6.17. The van der Waals surface area contributed by atoms with Crippen LogP contribution in [0.15, 0.2) is 54.6 Å². The minimum atomic E-state index is 0.502. The highest BCUT2D eigenvalue weighted by atomic mass is 16.5. The number of aromatic nitrogens is 4. The van der Waals surface area contributed by atoms with Crippen molar-refractivity contribution in [3.63, 3.8) is 0 Å². The number of ether oxygens (including phenoxy) is 1. The summed E-state index contributed by atoms with van der Waals surface area (Å²) in [5, 5.41) is 8.44. The first-order valence-corrected chi connectivity index (χ1v) is 8.58. The lowest BCUT2D eigenvalue weighted by molar-refractivity contribution is 0.415. The molecule has 0 fully saturated rings. The maximum atomic E-state index is 6.23. The average Bonchev–Trinajstić information content (AvgIpc) is 3.00. The van der Waals surface area contributed by atoms with Crippen molar-refractivity contribution in [3.8, 4) is 17.0 Å². The zero-order valence-corrected chi connectivity index (χ0v) is 15.2. The molecule has 2 aromatic heterocycles. The Hall–Kier alpha value is -3.61. The maximum Gasteiger partial charge on any atom is 0.225 e. The number of nitrogens with two attached hydrogens (primary N) is 1. The molecule has 0 spiro atoms. The normalized spacial score (nSPS) is 10.9. The Morgan fingerprint density at radius 2 is 1.89 bits per heavy atom. The van der Waals surface area contributed by atoms with E-state index >= 15 is 0 Å². The number of methoxy groups -OCH3 is 1. The van der Waals surface area contributed by atoms with Gasteiger partial charge in [0.15, 0.2) is 5.65 Å². The average molecular weight is 360 g/mol. The fraction of sp³-hybridized carbons (Fsp3) is 0.150. The third-order valence-corrected chi connectivity index (χ3v) is 4.38. The lowest BCUT2D eigenvalue weighted by Crippen LogP contribution is -2.05. The minimum Gasteiger partial charge on any atom is -0.497 e. The summed E-state index contributed by atoms with van der Waals surface area (Å²) < 4.78 is 6.96. The smallest absolute Gasteiger partial charge is 0.225 e. The van der Waals surface area contributed by atoms with Gasteiger partial charge in [-0.2, -0.15) is 10.1 Å². The molecule has 0 aliphatic carbocycles. The van der Waals surface area contributed by atoms with Crippen molar-refractivity contribution in [3.05, 3.63) is 60.2 Å². The SMILES string of the molecule is COc1cccc(-c2nc(NCc3ccccc3)nc3nn(C)c(N)c23)c1. The molecular formula is C20H20N6O. The zero-order chi connectivity index (χ0) is 18.8. The van der Waals surface area contributed by atoms with Crippen molar-refractivity contribution < 1.29 is 4.74 Å². The fourth-order valence-corrected chi connectivity index (χ4v) is 2.95. The van der Waals surface area contributed by atoms with E-state index in [-0.39, 0.29) is 0 Å². The van der Waals surface area contributed by atoms with Gasteiger partial charge in [0.25, 0.3) is 0 Å². The van der Waals surface area contributed by atoms with Crippen LogP contribution in [-0.4, -0.2) is 26.9 Å². The molecule has 0 bridgehead atoms. The predicted molar refractivity (Wildman–Crippen MR) is 106 cm³/mol. The standard InChI is InChI=1S/C20H20N6O/c1-26-18(21)16-17(14-9-6-10-15(11-14)27-2)23-20(24-19(16)25-26)22-12-13-7-4-3-5-8-13/h3-11H,12,21H2,1-2H3,(H,22,24,25). The Morgan fingerprint density at radius 3 is 2.67 bits per heavy atom. The van der Waals surface area contributed by atoms with Gasteiger partial charge in [-0.25, -0.2) is 4.98 Å². The highest BCUT2D eigenvalue weighted by Gasteiger charge is 2.17. The third kappa shape index (κ3) is 3.27. The van der Waals surface area contributed by atoms with Gasteiger partial charge >= 0.3 is 0 Å². The number of anilines is 2. The van der Waals surface area contributed by atoms with Crippen LogP contribution in [-0.2, 0) is 13.6 Å². The highest BCUT2D eigenvalue weighted by molar-refractivity contribution is 5.99. The summed E-state index contributed by atoms with van der Waals surface area (Å²) in [6.07, 6.45) is 0. The van der Waals surface area contributed by atoms with Crippen molar-refractivity contribution in [1.29, 1.82) is 0 Å². The number of nitrogens with one attached hydrogen (secondary N) is 1. The molecule has 4 rings (SSSR count). The van der Waals surface area contributed by atoms with E-state index in [2.05, 4.69) is 15.4 Å². The quantitative estimate of drug-likeness (QED) is 0.568. The van der Waals surface area contributed by atoms with Crippen molar-refractivity contribution >= 4 is 22.8 Å². The van der Waals surface area contributed by atoms with Crippen LogP contribution in [0.2, 0.25) is 0 Å².